The molecule has 1 saturated heterocycles. The summed E-state index contributed by atoms with van der Waals surface area (Å²) in [6, 6.07) is 11.5. The van der Waals surface area contributed by atoms with E-state index >= 15 is 0 Å². The molecule has 1 fully saturated rings. The zero-order valence-corrected chi connectivity index (χ0v) is 14.5. The Bertz CT molecular complexity index is 814. The molecular formula is C20H22N4O2. The second kappa shape index (κ2) is 7.76. The second-order valence-corrected chi connectivity index (χ2v) is 6.73. The third-order valence-electron chi connectivity index (χ3n) is 4.97. The van der Waals surface area contributed by atoms with Crippen LogP contribution in [-0.2, 0) is 6.54 Å². The van der Waals surface area contributed by atoms with Crippen LogP contribution in [0.1, 0.15) is 30.4 Å². The fraction of sp³-hybridized carbons (Fsp3) is 0.350. The van der Waals surface area contributed by atoms with Crippen molar-refractivity contribution in [2.45, 2.75) is 25.5 Å². The zero-order valence-electron chi connectivity index (χ0n) is 14.5. The van der Waals surface area contributed by atoms with Crippen molar-refractivity contribution < 1.29 is 9.63 Å². The summed E-state index contributed by atoms with van der Waals surface area (Å²) < 4.78 is 5.49. The van der Waals surface area contributed by atoms with E-state index in [9.17, 15) is 5.11 Å². The van der Waals surface area contributed by atoms with E-state index in [0.29, 0.717) is 0 Å². The van der Waals surface area contributed by atoms with E-state index in [0.717, 1.165) is 55.2 Å². The smallest absolute Gasteiger partial charge is 0.151 e. The monoisotopic (exact) mass is 350 g/mol. The van der Waals surface area contributed by atoms with Gasteiger partial charge in [0.25, 0.3) is 0 Å². The van der Waals surface area contributed by atoms with Crippen LogP contribution in [0.5, 0.6) is 0 Å². The highest BCUT2D eigenvalue weighted by Crippen LogP contribution is 2.30. The fourth-order valence-corrected chi connectivity index (χ4v) is 3.48. The van der Waals surface area contributed by atoms with Gasteiger partial charge in [0.05, 0.1) is 18.3 Å². The lowest BCUT2D eigenvalue weighted by Crippen LogP contribution is -2.35. The Morgan fingerprint density at radius 1 is 1.15 bits per heavy atom. The maximum absolute atomic E-state index is 10.5. The molecule has 3 aromatic rings. The van der Waals surface area contributed by atoms with E-state index in [-0.39, 0.29) is 5.92 Å². The van der Waals surface area contributed by atoms with Gasteiger partial charge in [0, 0.05) is 30.2 Å². The van der Waals surface area contributed by atoms with Gasteiger partial charge in [0.1, 0.15) is 5.69 Å². The third kappa shape index (κ3) is 3.81. The molecule has 0 aromatic carbocycles. The van der Waals surface area contributed by atoms with Crippen LogP contribution in [0.3, 0.4) is 0 Å². The average molecular weight is 350 g/mol. The molecule has 0 radical (unpaired) electrons. The van der Waals surface area contributed by atoms with Crippen LogP contribution in [0.2, 0.25) is 0 Å². The van der Waals surface area contributed by atoms with Crippen molar-refractivity contribution in [3.8, 4) is 11.3 Å². The lowest BCUT2D eigenvalue weighted by molar-refractivity contribution is 0.0516. The number of aromatic nitrogens is 3. The summed E-state index contributed by atoms with van der Waals surface area (Å²) in [5.74, 6) is 1.11. The number of aliphatic hydroxyl groups excluding tert-OH is 1. The summed E-state index contributed by atoms with van der Waals surface area (Å²) >= 11 is 0. The van der Waals surface area contributed by atoms with Gasteiger partial charge in [-0.15, -0.1) is 0 Å². The van der Waals surface area contributed by atoms with Crippen molar-refractivity contribution in [1.82, 2.24) is 20.0 Å². The van der Waals surface area contributed by atoms with Crippen molar-refractivity contribution in [2.24, 2.45) is 5.92 Å². The molecule has 4 rings (SSSR count). The molecule has 0 bridgehead atoms. The number of hydrogen-bond acceptors (Lipinski definition) is 6. The van der Waals surface area contributed by atoms with Crippen LogP contribution in [0.4, 0.5) is 0 Å². The van der Waals surface area contributed by atoms with Crippen LogP contribution < -0.4 is 0 Å². The summed E-state index contributed by atoms with van der Waals surface area (Å²) in [7, 11) is 0. The summed E-state index contributed by atoms with van der Waals surface area (Å²) in [6.07, 6.45) is 6.67. The molecule has 26 heavy (non-hydrogen) atoms. The normalized spacial score (nSPS) is 17.3. The van der Waals surface area contributed by atoms with Crippen molar-refractivity contribution in [1.29, 1.82) is 0 Å². The Kier molecular flexibility index (Phi) is 5.04. The highest BCUT2D eigenvalue weighted by atomic mass is 16.5. The van der Waals surface area contributed by atoms with Crippen LogP contribution in [0.15, 0.2) is 59.5 Å². The number of hydrogen-bond donors (Lipinski definition) is 1. The molecule has 1 unspecified atom stereocenters. The highest BCUT2D eigenvalue weighted by Gasteiger charge is 2.27. The van der Waals surface area contributed by atoms with Gasteiger partial charge in [-0.3, -0.25) is 14.9 Å². The van der Waals surface area contributed by atoms with Crippen LogP contribution in [-0.4, -0.2) is 38.2 Å². The Morgan fingerprint density at radius 2 is 2.04 bits per heavy atom. The standard InChI is InChI=1S/C20H22N4O2/c25-20(18-5-1-2-9-22-18)15-6-10-24(11-7-15)14-17-12-19(23-26-17)16-4-3-8-21-13-16/h1-5,8-9,12-13,15,20,25H,6-7,10-11,14H2. The first kappa shape index (κ1) is 16.9. The number of piperidine rings is 1. The molecule has 0 saturated carbocycles. The van der Waals surface area contributed by atoms with E-state index < -0.39 is 6.10 Å². The number of pyridine rings is 2. The van der Waals surface area contributed by atoms with Crippen LogP contribution in [0, 0.1) is 5.92 Å². The summed E-state index contributed by atoms with van der Waals surface area (Å²) in [5, 5.41) is 14.7. The summed E-state index contributed by atoms with van der Waals surface area (Å²) in [5.41, 5.74) is 2.54. The van der Waals surface area contributed by atoms with Crippen LogP contribution >= 0.6 is 0 Å². The van der Waals surface area contributed by atoms with Crippen molar-refractivity contribution in [2.75, 3.05) is 13.1 Å². The lowest BCUT2D eigenvalue weighted by Gasteiger charge is -2.33. The molecular weight excluding hydrogens is 328 g/mol. The van der Waals surface area contributed by atoms with Crippen molar-refractivity contribution >= 4 is 0 Å². The van der Waals surface area contributed by atoms with E-state index in [1.54, 1.807) is 18.6 Å². The Hall–Kier alpha value is -2.57. The molecule has 134 valence electrons. The topological polar surface area (TPSA) is 75.3 Å². The predicted octanol–water partition coefficient (Wildman–Crippen LogP) is 3.08. The molecule has 1 N–H and O–H groups in total. The minimum Gasteiger partial charge on any atom is -0.387 e. The quantitative estimate of drug-likeness (QED) is 0.762. The number of likely N-dealkylation sites (tertiary alicyclic amines) is 1. The fourth-order valence-electron chi connectivity index (χ4n) is 3.48. The van der Waals surface area contributed by atoms with E-state index in [1.807, 2.05) is 36.4 Å². The van der Waals surface area contributed by atoms with Gasteiger partial charge in [-0.2, -0.15) is 0 Å². The molecule has 0 amide bonds. The van der Waals surface area contributed by atoms with Gasteiger partial charge < -0.3 is 9.63 Å². The molecule has 6 heteroatoms. The van der Waals surface area contributed by atoms with E-state index in [2.05, 4.69) is 20.0 Å². The number of rotatable bonds is 5. The first-order valence-corrected chi connectivity index (χ1v) is 8.97. The molecule has 1 atom stereocenters. The second-order valence-electron chi connectivity index (χ2n) is 6.73. The summed E-state index contributed by atoms with van der Waals surface area (Å²) in [6.45, 7) is 2.59. The van der Waals surface area contributed by atoms with Gasteiger partial charge in [-0.1, -0.05) is 11.2 Å². The third-order valence-corrected chi connectivity index (χ3v) is 4.97. The van der Waals surface area contributed by atoms with Crippen LogP contribution in [0.25, 0.3) is 11.3 Å². The average Bonchev–Trinajstić information content (AvgIpc) is 3.18. The first-order valence-electron chi connectivity index (χ1n) is 8.97. The van der Waals surface area contributed by atoms with Gasteiger partial charge >= 0.3 is 0 Å². The van der Waals surface area contributed by atoms with Crippen molar-refractivity contribution in [3.05, 3.63) is 66.4 Å². The van der Waals surface area contributed by atoms with Gasteiger partial charge in [-0.05, 0) is 56.1 Å². The van der Waals surface area contributed by atoms with Gasteiger partial charge in [-0.25, -0.2) is 0 Å². The van der Waals surface area contributed by atoms with E-state index in [4.69, 9.17) is 4.52 Å². The minimum atomic E-state index is -0.485. The Balaban J connectivity index is 1.32. The molecule has 4 heterocycles. The minimum absolute atomic E-state index is 0.252. The largest absolute Gasteiger partial charge is 0.387 e. The maximum atomic E-state index is 10.5. The molecule has 1 aliphatic heterocycles. The molecule has 3 aromatic heterocycles. The molecule has 6 nitrogen and oxygen atoms in total. The molecule has 0 aliphatic carbocycles. The van der Waals surface area contributed by atoms with E-state index in [1.165, 1.54) is 0 Å². The summed E-state index contributed by atoms with van der Waals surface area (Å²) in [4.78, 5) is 10.7. The van der Waals surface area contributed by atoms with Crippen molar-refractivity contribution in [3.63, 3.8) is 0 Å². The predicted molar refractivity (Wildman–Crippen MR) is 96.9 cm³/mol. The highest BCUT2D eigenvalue weighted by molar-refractivity contribution is 5.57. The van der Waals surface area contributed by atoms with Gasteiger partial charge in [0.2, 0.25) is 0 Å². The lowest BCUT2D eigenvalue weighted by atomic mass is 9.89. The van der Waals surface area contributed by atoms with Gasteiger partial charge in [0.15, 0.2) is 5.76 Å². The first-order chi connectivity index (χ1) is 12.8. The Labute approximate surface area is 152 Å². The number of nitrogens with zero attached hydrogens (tertiary/aromatic N) is 4. The Morgan fingerprint density at radius 3 is 2.77 bits per heavy atom. The SMILES string of the molecule is OC(c1ccccn1)C1CCN(Cc2cc(-c3cccnc3)no2)CC1. The zero-order chi connectivity index (χ0) is 17.8. The maximum Gasteiger partial charge on any atom is 0.151 e. The molecule has 0 spiro atoms. The number of aliphatic hydroxyl groups is 1. The molecule has 1 aliphatic rings.